The van der Waals surface area contributed by atoms with Crippen molar-refractivity contribution in [2.75, 3.05) is 26.3 Å². The summed E-state index contributed by atoms with van der Waals surface area (Å²) in [5.41, 5.74) is 4.41. The Kier molecular flexibility index (Phi) is 6.36. The van der Waals surface area contributed by atoms with Gasteiger partial charge in [-0.15, -0.1) is 0 Å². The van der Waals surface area contributed by atoms with Crippen molar-refractivity contribution >= 4 is 16.9 Å². The average molecular weight is 461 g/mol. The molecule has 3 heterocycles. The molecule has 0 radical (unpaired) electrons. The standard InChI is InChI=1S/C27H28N2O5/c1-18-25(19(2)34-28-18)17-33-24-5-3-4-23(14-24)27(30)29-9-11-31-16-21(15-29)12-20-6-7-22-8-10-32-26(22)13-20/h3-8,10,13-14,21H,9,11-12,15-17H2,1-2H3. The molecule has 4 aromatic rings. The second-order valence-corrected chi connectivity index (χ2v) is 8.81. The van der Waals surface area contributed by atoms with Crippen LogP contribution in [0.15, 0.2) is 63.7 Å². The highest BCUT2D eigenvalue weighted by molar-refractivity contribution is 5.94. The predicted octanol–water partition coefficient (Wildman–Crippen LogP) is 4.95. The molecule has 1 unspecified atom stereocenters. The molecule has 2 aromatic carbocycles. The van der Waals surface area contributed by atoms with Crippen LogP contribution in [0.3, 0.4) is 0 Å². The normalized spacial score (nSPS) is 16.5. The average Bonchev–Trinajstić information content (AvgIpc) is 3.36. The first-order valence-corrected chi connectivity index (χ1v) is 11.5. The van der Waals surface area contributed by atoms with Gasteiger partial charge in [0.05, 0.1) is 30.7 Å². The van der Waals surface area contributed by atoms with E-state index in [9.17, 15) is 4.79 Å². The Morgan fingerprint density at radius 3 is 2.94 bits per heavy atom. The number of furan rings is 1. The third-order valence-corrected chi connectivity index (χ3v) is 6.32. The molecule has 1 aliphatic rings. The number of aryl methyl sites for hydroxylation is 2. The van der Waals surface area contributed by atoms with E-state index in [0.29, 0.717) is 44.2 Å². The van der Waals surface area contributed by atoms with Crippen molar-refractivity contribution in [3.63, 3.8) is 0 Å². The number of fused-ring (bicyclic) bond motifs is 1. The van der Waals surface area contributed by atoms with E-state index < -0.39 is 0 Å². The summed E-state index contributed by atoms with van der Waals surface area (Å²) >= 11 is 0. The topological polar surface area (TPSA) is 77.9 Å². The summed E-state index contributed by atoms with van der Waals surface area (Å²) in [6.07, 6.45) is 2.52. The molecule has 176 valence electrons. The van der Waals surface area contributed by atoms with Crippen LogP contribution in [-0.4, -0.2) is 42.3 Å². The SMILES string of the molecule is Cc1noc(C)c1COc1cccc(C(=O)N2CCOCC(Cc3ccc4ccoc4c3)C2)c1. The van der Waals surface area contributed by atoms with Crippen LogP contribution in [0, 0.1) is 19.8 Å². The first-order valence-electron chi connectivity index (χ1n) is 11.5. The van der Waals surface area contributed by atoms with E-state index in [0.717, 1.165) is 34.4 Å². The molecule has 1 amide bonds. The van der Waals surface area contributed by atoms with Gasteiger partial charge in [-0.3, -0.25) is 4.79 Å². The molecule has 0 saturated carbocycles. The summed E-state index contributed by atoms with van der Waals surface area (Å²) in [5, 5.41) is 5.05. The van der Waals surface area contributed by atoms with Crippen molar-refractivity contribution in [1.29, 1.82) is 0 Å². The lowest BCUT2D eigenvalue weighted by atomic mass is 9.98. The molecule has 0 aliphatic carbocycles. The van der Waals surface area contributed by atoms with Gasteiger partial charge >= 0.3 is 0 Å². The molecule has 1 fully saturated rings. The summed E-state index contributed by atoms with van der Waals surface area (Å²) in [6.45, 7) is 6.46. The van der Waals surface area contributed by atoms with Gasteiger partial charge in [0.25, 0.3) is 5.91 Å². The van der Waals surface area contributed by atoms with Crippen molar-refractivity contribution in [2.24, 2.45) is 5.92 Å². The minimum Gasteiger partial charge on any atom is -0.489 e. The number of rotatable bonds is 6. The Hall–Kier alpha value is -3.58. The van der Waals surface area contributed by atoms with Crippen molar-refractivity contribution < 1.29 is 23.2 Å². The lowest BCUT2D eigenvalue weighted by Crippen LogP contribution is -2.36. The number of hydrogen-bond donors (Lipinski definition) is 0. The molecule has 0 N–H and O–H groups in total. The minimum absolute atomic E-state index is 0.0141. The van der Waals surface area contributed by atoms with Crippen LogP contribution in [0.2, 0.25) is 0 Å². The Labute approximate surface area is 198 Å². The molecule has 7 nitrogen and oxygen atoms in total. The maximum absolute atomic E-state index is 13.4. The molecular weight excluding hydrogens is 432 g/mol. The lowest BCUT2D eigenvalue weighted by Gasteiger charge is -2.24. The molecular formula is C27H28N2O5. The van der Waals surface area contributed by atoms with Gasteiger partial charge in [0.2, 0.25) is 0 Å². The second kappa shape index (κ2) is 9.73. The largest absolute Gasteiger partial charge is 0.489 e. The van der Waals surface area contributed by atoms with Gasteiger partial charge in [0, 0.05) is 30.0 Å². The molecule has 0 bridgehead atoms. The zero-order chi connectivity index (χ0) is 23.5. The molecule has 7 heteroatoms. The number of ether oxygens (including phenoxy) is 2. The minimum atomic E-state index is -0.0141. The number of benzene rings is 2. The fourth-order valence-electron chi connectivity index (χ4n) is 4.41. The van der Waals surface area contributed by atoms with Gasteiger partial charge in [-0.1, -0.05) is 23.4 Å². The summed E-state index contributed by atoms with van der Waals surface area (Å²) in [6, 6.07) is 15.6. The Morgan fingerprint density at radius 1 is 1.18 bits per heavy atom. The first kappa shape index (κ1) is 22.2. The molecule has 34 heavy (non-hydrogen) atoms. The van der Waals surface area contributed by atoms with Crippen molar-refractivity contribution in [2.45, 2.75) is 26.9 Å². The van der Waals surface area contributed by atoms with Crippen LogP contribution < -0.4 is 4.74 Å². The number of hydrogen-bond acceptors (Lipinski definition) is 6. The van der Waals surface area contributed by atoms with E-state index >= 15 is 0 Å². The molecule has 1 saturated heterocycles. The van der Waals surface area contributed by atoms with Crippen LogP contribution in [0.4, 0.5) is 0 Å². The van der Waals surface area contributed by atoms with Gasteiger partial charge in [-0.05, 0) is 56.2 Å². The Morgan fingerprint density at radius 2 is 2.09 bits per heavy atom. The quantitative estimate of drug-likeness (QED) is 0.405. The monoisotopic (exact) mass is 460 g/mol. The predicted molar refractivity (Wildman–Crippen MR) is 127 cm³/mol. The van der Waals surface area contributed by atoms with Crippen LogP contribution in [-0.2, 0) is 17.8 Å². The number of carbonyl (C=O) groups is 1. The molecule has 0 spiro atoms. The second-order valence-electron chi connectivity index (χ2n) is 8.81. The van der Waals surface area contributed by atoms with Crippen molar-refractivity contribution in [3.05, 3.63) is 82.9 Å². The number of carbonyl (C=O) groups excluding carboxylic acids is 1. The molecule has 1 aliphatic heterocycles. The first-order chi connectivity index (χ1) is 16.6. The maximum Gasteiger partial charge on any atom is 0.254 e. The highest BCUT2D eigenvalue weighted by Gasteiger charge is 2.24. The summed E-state index contributed by atoms with van der Waals surface area (Å²) in [7, 11) is 0. The number of amides is 1. The van der Waals surface area contributed by atoms with Crippen LogP contribution in [0.25, 0.3) is 11.0 Å². The Bertz CT molecular complexity index is 1270. The number of aromatic nitrogens is 1. The summed E-state index contributed by atoms with van der Waals surface area (Å²) in [4.78, 5) is 15.2. The van der Waals surface area contributed by atoms with Crippen LogP contribution >= 0.6 is 0 Å². The van der Waals surface area contributed by atoms with E-state index in [1.807, 2.05) is 43.0 Å². The van der Waals surface area contributed by atoms with Gasteiger partial charge in [0.1, 0.15) is 23.7 Å². The Balaban J connectivity index is 1.26. The van der Waals surface area contributed by atoms with Gasteiger partial charge < -0.3 is 23.3 Å². The van der Waals surface area contributed by atoms with E-state index in [1.165, 1.54) is 5.56 Å². The van der Waals surface area contributed by atoms with E-state index in [2.05, 4.69) is 23.4 Å². The van der Waals surface area contributed by atoms with Crippen molar-refractivity contribution in [1.82, 2.24) is 10.1 Å². The van der Waals surface area contributed by atoms with Gasteiger partial charge in [0.15, 0.2) is 0 Å². The maximum atomic E-state index is 13.4. The summed E-state index contributed by atoms with van der Waals surface area (Å²) < 4.78 is 22.5. The van der Waals surface area contributed by atoms with Crippen LogP contribution in [0.1, 0.15) is 32.9 Å². The molecule has 1 atom stereocenters. The zero-order valence-corrected chi connectivity index (χ0v) is 19.5. The third-order valence-electron chi connectivity index (χ3n) is 6.32. The third kappa shape index (κ3) is 4.84. The summed E-state index contributed by atoms with van der Waals surface area (Å²) in [5.74, 6) is 1.57. The van der Waals surface area contributed by atoms with E-state index in [4.69, 9.17) is 18.4 Å². The van der Waals surface area contributed by atoms with E-state index in [1.54, 1.807) is 12.3 Å². The van der Waals surface area contributed by atoms with Crippen LogP contribution in [0.5, 0.6) is 5.75 Å². The fourth-order valence-corrected chi connectivity index (χ4v) is 4.41. The van der Waals surface area contributed by atoms with E-state index in [-0.39, 0.29) is 11.8 Å². The zero-order valence-electron chi connectivity index (χ0n) is 19.5. The van der Waals surface area contributed by atoms with Crippen molar-refractivity contribution in [3.8, 4) is 5.75 Å². The fraction of sp³-hybridized carbons (Fsp3) is 0.333. The highest BCUT2D eigenvalue weighted by Crippen LogP contribution is 2.23. The molecule has 5 rings (SSSR count). The smallest absolute Gasteiger partial charge is 0.254 e. The highest BCUT2D eigenvalue weighted by atomic mass is 16.5. The van der Waals surface area contributed by atoms with Gasteiger partial charge in [-0.2, -0.15) is 0 Å². The number of nitrogens with zero attached hydrogens (tertiary/aromatic N) is 2. The molecule has 2 aromatic heterocycles. The lowest BCUT2D eigenvalue weighted by molar-refractivity contribution is 0.0737. The van der Waals surface area contributed by atoms with Gasteiger partial charge in [-0.25, -0.2) is 0 Å².